The van der Waals surface area contributed by atoms with Crippen LogP contribution in [0.3, 0.4) is 0 Å². The highest BCUT2D eigenvalue weighted by atomic mass is 35.5. The van der Waals surface area contributed by atoms with E-state index in [-0.39, 0.29) is 18.2 Å². The number of hydrogen-bond acceptors (Lipinski definition) is 5. The first-order valence-corrected chi connectivity index (χ1v) is 12.1. The summed E-state index contributed by atoms with van der Waals surface area (Å²) in [4.78, 5) is 9.33. The van der Waals surface area contributed by atoms with E-state index < -0.39 is 10.0 Å². The van der Waals surface area contributed by atoms with Gasteiger partial charge in [0.1, 0.15) is 5.82 Å². The molecule has 1 aromatic heterocycles. The van der Waals surface area contributed by atoms with Gasteiger partial charge in [0, 0.05) is 57.4 Å². The molecule has 1 saturated heterocycles. The zero-order chi connectivity index (χ0) is 20.6. The average Bonchev–Trinajstić information content (AvgIpc) is 2.77. The molecule has 1 fully saturated rings. The first-order valence-electron chi connectivity index (χ1n) is 10.5. The predicted molar refractivity (Wildman–Crippen MR) is 127 cm³/mol. The van der Waals surface area contributed by atoms with Crippen molar-refractivity contribution in [3.8, 4) is 0 Å². The van der Waals surface area contributed by atoms with Crippen molar-refractivity contribution < 1.29 is 8.42 Å². The van der Waals surface area contributed by atoms with E-state index in [2.05, 4.69) is 39.0 Å². The number of benzene rings is 2. The van der Waals surface area contributed by atoms with Gasteiger partial charge in [-0.3, -0.25) is 4.90 Å². The number of halogens is 1. The van der Waals surface area contributed by atoms with Crippen molar-refractivity contribution in [1.82, 2.24) is 14.2 Å². The van der Waals surface area contributed by atoms with Crippen molar-refractivity contribution >= 4 is 39.0 Å². The Hall–Kier alpha value is -2.19. The van der Waals surface area contributed by atoms with Gasteiger partial charge in [-0.05, 0) is 22.6 Å². The Bertz CT molecular complexity index is 1160. The summed E-state index contributed by atoms with van der Waals surface area (Å²) in [5.41, 5.74) is 2.06. The molecule has 0 aliphatic carbocycles. The molecule has 2 aromatic carbocycles. The van der Waals surface area contributed by atoms with E-state index in [4.69, 9.17) is 0 Å². The fourth-order valence-corrected chi connectivity index (χ4v) is 5.99. The zero-order valence-corrected chi connectivity index (χ0v) is 19.0. The third-order valence-corrected chi connectivity index (χ3v) is 7.96. The standard InChI is InChI=1S/C23H26N4O2S.ClH/c28-30(29)18-21-7-2-1-6-20(21)17-27(30)16-13-25-11-14-26(15-12-25)23-22-8-4-3-5-19(22)9-10-24-23;/h1-10H,11-18H2;1H. The molecular weight excluding hydrogens is 432 g/mol. The van der Waals surface area contributed by atoms with Crippen LogP contribution >= 0.6 is 12.4 Å². The molecule has 164 valence electrons. The van der Waals surface area contributed by atoms with E-state index in [1.807, 2.05) is 36.5 Å². The molecule has 31 heavy (non-hydrogen) atoms. The molecule has 0 spiro atoms. The van der Waals surface area contributed by atoms with Gasteiger partial charge in [-0.15, -0.1) is 12.4 Å². The van der Waals surface area contributed by atoms with Crippen molar-refractivity contribution in [2.24, 2.45) is 0 Å². The van der Waals surface area contributed by atoms with Crippen LogP contribution in [0, 0.1) is 0 Å². The quantitative estimate of drug-likeness (QED) is 0.601. The van der Waals surface area contributed by atoms with Gasteiger partial charge in [-0.25, -0.2) is 13.4 Å². The SMILES string of the molecule is Cl.O=S1(=O)Cc2ccccc2CN1CCN1CCN(c2nccc3ccccc23)CC1. The maximum atomic E-state index is 12.7. The molecule has 0 atom stereocenters. The van der Waals surface area contributed by atoms with Crippen LogP contribution in [-0.4, -0.2) is 61.9 Å². The Kier molecular flexibility index (Phi) is 6.48. The first kappa shape index (κ1) is 22.0. The summed E-state index contributed by atoms with van der Waals surface area (Å²) in [7, 11) is -3.23. The molecule has 5 rings (SSSR count). The average molecular weight is 459 g/mol. The second-order valence-corrected chi connectivity index (χ2v) is 10.0. The summed E-state index contributed by atoms with van der Waals surface area (Å²) in [5.74, 6) is 1.16. The second kappa shape index (κ2) is 9.12. The third kappa shape index (κ3) is 4.55. The molecule has 0 saturated carbocycles. The van der Waals surface area contributed by atoms with Crippen LogP contribution < -0.4 is 4.90 Å². The summed E-state index contributed by atoms with van der Waals surface area (Å²) >= 11 is 0. The van der Waals surface area contributed by atoms with Gasteiger partial charge < -0.3 is 4.90 Å². The molecule has 0 unspecified atom stereocenters. The Balaban J connectivity index is 0.00000231. The van der Waals surface area contributed by atoms with Gasteiger partial charge in [0.2, 0.25) is 10.0 Å². The summed E-state index contributed by atoms with van der Waals surface area (Å²) in [5, 5.41) is 2.40. The zero-order valence-electron chi connectivity index (χ0n) is 17.4. The Morgan fingerprint density at radius 3 is 2.35 bits per heavy atom. The van der Waals surface area contributed by atoms with E-state index in [0.29, 0.717) is 13.1 Å². The molecule has 0 N–H and O–H groups in total. The van der Waals surface area contributed by atoms with E-state index in [1.54, 1.807) is 4.31 Å². The van der Waals surface area contributed by atoms with Crippen molar-refractivity contribution in [3.05, 3.63) is 71.9 Å². The fraction of sp³-hybridized carbons (Fsp3) is 0.348. The van der Waals surface area contributed by atoms with Crippen molar-refractivity contribution in [2.45, 2.75) is 12.3 Å². The summed E-state index contributed by atoms with van der Waals surface area (Å²) in [6, 6.07) is 18.3. The molecule has 6 nitrogen and oxygen atoms in total. The van der Waals surface area contributed by atoms with Gasteiger partial charge >= 0.3 is 0 Å². The van der Waals surface area contributed by atoms with Gasteiger partial charge in [0.05, 0.1) is 5.75 Å². The minimum Gasteiger partial charge on any atom is -0.354 e. The van der Waals surface area contributed by atoms with Gasteiger partial charge in [-0.2, -0.15) is 4.31 Å². The van der Waals surface area contributed by atoms with E-state index in [9.17, 15) is 8.42 Å². The number of fused-ring (bicyclic) bond motifs is 2. The number of hydrogen-bond donors (Lipinski definition) is 0. The third-order valence-electron chi connectivity index (χ3n) is 6.19. The molecular formula is C23H27ClN4O2S. The lowest BCUT2D eigenvalue weighted by molar-refractivity contribution is 0.233. The monoisotopic (exact) mass is 458 g/mol. The minimum absolute atomic E-state index is 0. The number of nitrogens with zero attached hydrogens (tertiary/aromatic N) is 4. The molecule has 0 amide bonds. The van der Waals surface area contributed by atoms with E-state index in [1.165, 1.54) is 10.8 Å². The number of rotatable bonds is 4. The van der Waals surface area contributed by atoms with Gasteiger partial charge in [0.25, 0.3) is 0 Å². The predicted octanol–water partition coefficient (Wildman–Crippen LogP) is 3.12. The van der Waals surface area contributed by atoms with Crippen LogP contribution in [0.1, 0.15) is 11.1 Å². The summed E-state index contributed by atoms with van der Waals surface area (Å²) in [6.45, 7) is 5.41. The van der Waals surface area contributed by atoms with Crippen LogP contribution in [0.5, 0.6) is 0 Å². The summed E-state index contributed by atoms with van der Waals surface area (Å²) < 4.78 is 27.0. The number of pyridine rings is 1. The normalized spacial score (nSPS) is 19.0. The van der Waals surface area contributed by atoms with Crippen LogP contribution in [0.2, 0.25) is 0 Å². The highest BCUT2D eigenvalue weighted by Crippen LogP contribution is 2.26. The number of sulfonamides is 1. The smallest absolute Gasteiger partial charge is 0.218 e. The van der Waals surface area contributed by atoms with Crippen molar-refractivity contribution in [2.75, 3.05) is 44.2 Å². The minimum atomic E-state index is -3.23. The highest BCUT2D eigenvalue weighted by molar-refractivity contribution is 7.88. The lowest BCUT2D eigenvalue weighted by Gasteiger charge is -2.37. The molecule has 2 aliphatic rings. The lowest BCUT2D eigenvalue weighted by atomic mass is 10.1. The van der Waals surface area contributed by atoms with Crippen LogP contribution in [0.4, 0.5) is 5.82 Å². The molecule has 3 heterocycles. The van der Waals surface area contributed by atoms with Crippen molar-refractivity contribution in [3.63, 3.8) is 0 Å². The molecule has 8 heteroatoms. The van der Waals surface area contributed by atoms with Gasteiger partial charge in [-0.1, -0.05) is 48.5 Å². The van der Waals surface area contributed by atoms with Crippen molar-refractivity contribution in [1.29, 1.82) is 0 Å². The number of piperazine rings is 1. The Labute approximate surface area is 189 Å². The Morgan fingerprint density at radius 2 is 1.55 bits per heavy atom. The largest absolute Gasteiger partial charge is 0.354 e. The molecule has 0 bridgehead atoms. The molecule has 0 radical (unpaired) electrons. The van der Waals surface area contributed by atoms with Crippen LogP contribution in [-0.2, 0) is 22.3 Å². The topological polar surface area (TPSA) is 56.8 Å². The second-order valence-electron chi connectivity index (χ2n) is 8.04. The Morgan fingerprint density at radius 1 is 0.839 bits per heavy atom. The number of anilines is 1. The van der Waals surface area contributed by atoms with Crippen LogP contribution in [0.15, 0.2) is 60.8 Å². The van der Waals surface area contributed by atoms with E-state index in [0.717, 1.165) is 49.7 Å². The molecule has 2 aliphatic heterocycles. The highest BCUT2D eigenvalue weighted by Gasteiger charge is 2.30. The fourth-order valence-electron chi connectivity index (χ4n) is 4.44. The maximum Gasteiger partial charge on any atom is 0.218 e. The summed E-state index contributed by atoms with van der Waals surface area (Å²) in [6.07, 6.45) is 1.88. The molecule has 3 aromatic rings. The number of aromatic nitrogens is 1. The van der Waals surface area contributed by atoms with E-state index >= 15 is 0 Å². The maximum absolute atomic E-state index is 12.7. The van der Waals surface area contributed by atoms with Crippen LogP contribution in [0.25, 0.3) is 10.8 Å². The van der Waals surface area contributed by atoms with Gasteiger partial charge in [0.15, 0.2) is 0 Å². The first-order chi connectivity index (χ1) is 14.6. The lowest BCUT2D eigenvalue weighted by Crippen LogP contribution is -2.49.